The molecule has 2 aromatic carbocycles. The second-order valence-corrected chi connectivity index (χ2v) is 7.77. The number of hydrogen-bond acceptors (Lipinski definition) is 4. The van der Waals surface area contributed by atoms with Crippen molar-refractivity contribution in [3.05, 3.63) is 57.6 Å². The molecule has 1 aliphatic heterocycles. The molecule has 1 fully saturated rings. The number of nitrogens with one attached hydrogen (secondary N) is 1. The first-order chi connectivity index (χ1) is 14.8. The Hall–Kier alpha value is -2.58. The molecule has 0 saturated carbocycles. The number of amides is 2. The first-order valence-corrected chi connectivity index (χ1v) is 10.2. The maximum absolute atomic E-state index is 12.9. The minimum atomic E-state index is -3.00. The van der Waals surface area contributed by atoms with Crippen LogP contribution in [0.25, 0.3) is 0 Å². The van der Waals surface area contributed by atoms with Crippen molar-refractivity contribution in [2.45, 2.75) is 32.0 Å². The van der Waals surface area contributed by atoms with E-state index in [1.807, 2.05) is 0 Å². The number of carbonyl (C=O) groups is 2. The largest absolute Gasteiger partial charge is 0.493 e. The smallest absolute Gasteiger partial charge is 0.387 e. The summed E-state index contributed by atoms with van der Waals surface area (Å²) in [5, 5.41) is 3.41. The van der Waals surface area contributed by atoms with Gasteiger partial charge >= 0.3 is 6.61 Å². The Bertz CT molecular complexity index is 954. The highest BCUT2D eigenvalue weighted by atomic mass is 35.5. The molecule has 166 valence electrons. The van der Waals surface area contributed by atoms with Crippen LogP contribution in [0.2, 0.25) is 10.0 Å². The molecule has 2 aromatic rings. The second kappa shape index (κ2) is 10.2. The summed E-state index contributed by atoms with van der Waals surface area (Å²) in [7, 11) is 1.34. The summed E-state index contributed by atoms with van der Waals surface area (Å²) in [6, 6.07) is 8.36. The van der Waals surface area contributed by atoms with Gasteiger partial charge < -0.3 is 19.7 Å². The molecule has 0 radical (unpaired) electrons. The Labute approximate surface area is 188 Å². The number of methoxy groups -OCH3 is 1. The van der Waals surface area contributed by atoms with E-state index in [2.05, 4.69) is 10.1 Å². The van der Waals surface area contributed by atoms with Crippen molar-refractivity contribution in [1.82, 2.24) is 10.2 Å². The average molecular weight is 473 g/mol. The third-order valence-corrected chi connectivity index (χ3v) is 5.27. The van der Waals surface area contributed by atoms with Gasteiger partial charge in [0.1, 0.15) is 6.04 Å². The first kappa shape index (κ1) is 23.1. The van der Waals surface area contributed by atoms with Gasteiger partial charge in [-0.15, -0.1) is 0 Å². The first-order valence-electron chi connectivity index (χ1n) is 9.45. The normalized spacial score (nSPS) is 15.8. The van der Waals surface area contributed by atoms with Crippen LogP contribution < -0.4 is 14.8 Å². The summed E-state index contributed by atoms with van der Waals surface area (Å²) in [5.74, 6) is -0.645. The Morgan fingerprint density at radius 2 is 1.87 bits per heavy atom. The molecule has 6 nitrogen and oxygen atoms in total. The standard InChI is InChI=1S/C21H20Cl2F2N2O4/c1-30-17-5-4-12(7-18(17)31-21(24)25)11-26-19(28)16-3-2-6-27(16)20(29)13-8-14(22)10-15(23)9-13/h4-5,7-10,16,21H,2-3,6,11H2,1H3,(H,26,28). The topological polar surface area (TPSA) is 67.9 Å². The molecule has 1 N–H and O–H groups in total. The molecule has 10 heteroatoms. The van der Waals surface area contributed by atoms with E-state index in [1.54, 1.807) is 6.07 Å². The number of carbonyl (C=O) groups excluding carboxylic acids is 2. The fourth-order valence-electron chi connectivity index (χ4n) is 3.45. The van der Waals surface area contributed by atoms with Crippen molar-refractivity contribution >= 4 is 35.0 Å². The van der Waals surface area contributed by atoms with E-state index in [-0.39, 0.29) is 29.9 Å². The van der Waals surface area contributed by atoms with Crippen molar-refractivity contribution in [2.75, 3.05) is 13.7 Å². The van der Waals surface area contributed by atoms with Crippen LogP contribution in [0.5, 0.6) is 11.5 Å². The van der Waals surface area contributed by atoms with Crippen molar-refractivity contribution < 1.29 is 27.8 Å². The molecule has 1 heterocycles. The van der Waals surface area contributed by atoms with Gasteiger partial charge in [-0.05, 0) is 48.7 Å². The number of hydrogen-bond donors (Lipinski definition) is 1. The van der Waals surface area contributed by atoms with E-state index < -0.39 is 12.7 Å². The molecule has 1 atom stereocenters. The average Bonchev–Trinajstić information content (AvgIpc) is 3.20. The highest BCUT2D eigenvalue weighted by molar-refractivity contribution is 6.35. The van der Waals surface area contributed by atoms with E-state index in [9.17, 15) is 18.4 Å². The Morgan fingerprint density at radius 3 is 2.52 bits per heavy atom. The molecule has 1 aliphatic rings. The highest BCUT2D eigenvalue weighted by Crippen LogP contribution is 2.30. The molecular weight excluding hydrogens is 453 g/mol. The third kappa shape index (κ3) is 5.77. The summed E-state index contributed by atoms with van der Waals surface area (Å²) >= 11 is 12.0. The van der Waals surface area contributed by atoms with Crippen LogP contribution in [0.1, 0.15) is 28.8 Å². The molecule has 0 aromatic heterocycles. The van der Waals surface area contributed by atoms with Crippen LogP contribution in [0.3, 0.4) is 0 Å². The van der Waals surface area contributed by atoms with E-state index in [0.717, 1.165) is 0 Å². The fourth-order valence-corrected chi connectivity index (χ4v) is 3.98. The Kier molecular flexibility index (Phi) is 7.56. The zero-order chi connectivity index (χ0) is 22.5. The lowest BCUT2D eigenvalue weighted by atomic mass is 10.1. The van der Waals surface area contributed by atoms with Crippen LogP contribution in [0.15, 0.2) is 36.4 Å². The summed E-state index contributed by atoms with van der Waals surface area (Å²) < 4.78 is 34.6. The van der Waals surface area contributed by atoms with Crippen molar-refractivity contribution in [3.8, 4) is 11.5 Å². The monoisotopic (exact) mass is 472 g/mol. The van der Waals surface area contributed by atoms with Crippen molar-refractivity contribution in [1.29, 1.82) is 0 Å². The van der Waals surface area contributed by atoms with Gasteiger partial charge in [-0.25, -0.2) is 0 Å². The number of rotatable bonds is 7. The second-order valence-electron chi connectivity index (χ2n) is 6.90. The molecule has 3 rings (SSSR count). The zero-order valence-electron chi connectivity index (χ0n) is 16.5. The number of benzene rings is 2. The Morgan fingerprint density at radius 1 is 1.16 bits per heavy atom. The lowest BCUT2D eigenvalue weighted by molar-refractivity contribution is -0.125. The summed E-state index contributed by atoms with van der Waals surface area (Å²) in [4.78, 5) is 27.1. The van der Waals surface area contributed by atoms with Gasteiger partial charge in [0.2, 0.25) is 5.91 Å². The van der Waals surface area contributed by atoms with E-state index in [4.69, 9.17) is 27.9 Å². The van der Waals surface area contributed by atoms with Gasteiger partial charge in [-0.3, -0.25) is 9.59 Å². The summed E-state index contributed by atoms with van der Waals surface area (Å²) in [5.41, 5.74) is 0.850. The van der Waals surface area contributed by atoms with Gasteiger partial charge in [0, 0.05) is 28.7 Å². The van der Waals surface area contributed by atoms with Gasteiger partial charge in [0.15, 0.2) is 11.5 Å². The molecule has 1 unspecified atom stereocenters. The fraction of sp³-hybridized carbons (Fsp3) is 0.333. The number of likely N-dealkylation sites (tertiary alicyclic amines) is 1. The summed E-state index contributed by atoms with van der Waals surface area (Å²) in [6.07, 6.45) is 1.18. The minimum absolute atomic E-state index is 0.0734. The maximum atomic E-state index is 12.9. The molecule has 0 spiro atoms. The zero-order valence-corrected chi connectivity index (χ0v) is 18.1. The molecule has 1 saturated heterocycles. The van der Waals surface area contributed by atoms with Crippen LogP contribution in [0, 0.1) is 0 Å². The highest BCUT2D eigenvalue weighted by Gasteiger charge is 2.34. The molecule has 2 amide bonds. The lowest BCUT2D eigenvalue weighted by Gasteiger charge is -2.24. The van der Waals surface area contributed by atoms with Gasteiger partial charge in [-0.1, -0.05) is 29.3 Å². The summed E-state index contributed by atoms with van der Waals surface area (Å²) in [6.45, 7) is -2.50. The molecule has 31 heavy (non-hydrogen) atoms. The lowest BCUT2D eigenvalue weighted by Crippen LogP contribution is -2.45. The van der Waals surface area contributed by atoms with Crippen LogP contribution >= 0.6 is 23.2 Å². The quantitative estimate of drug-likeness (QED) is 0.642. The SMILES string of the molecule is COc1ccc(CNC(=O)C2CCCN2C(=O)c2cc(Cl)cc(Cl)c2)cc1OC(F)F. The van der Waals surface area contributed by atoms with Gasteiger partial charge in [0.05, 0.1) is 7.11 Å². The van der Waals surface area contributed by atoms with E-state index in [0.29, 0.717) is 40.6 Å². The number of ether oxygens (including phenoxy) is 2. The van der Waals surface area contributed by atoms with Crippen LogP contribution in [-0.4, -0.2) is 43.0 Å². The minimum Gasteiger partial charge on any atom is -0.493 e. The van der Waals surface area contributed by atoms with Crippen LogP contribution in [-0.2, 0) is 11.3 Å². The third-order valence-electron chi connectivity index (χ3n) is 4.84. The predicted octanol–water partition coefficient (Wildman–Crippen LogP) is 4.52. The van der Waals surface area contributed by atoms with Gasteiger partial charge in [0.25, 0.3) is 5.91 Å². The maximum Gasteiger partial charge on any atom is 0.387 e. The van der Waals surface area contributed by atoms with Crippen LogP contribution in [0.4, 0.5) is 8.78 Å². The van der Waals surface area contributed by atoms with Crippen molar-refractivity contribution in [2.24, 2.45) is 0 Å². The molecule has 0 bridgehead atoms. The van der Waals surface area contributed by atoms with Crippen molar-refractivity contribution in [3.63, 3.8) is 0 Å². The number of nitrogens with zero attached hydrogens (tertiary/aromatic N) is 1. The molecular formula is C21H20Cl2F2N2O4. The van der Waals surface area contributed by atoms with Gasteiger partial charge in [-0.2, -0.15) is 8.78 Å². The number of halogens is 4. The number of alkyl halides is 2. The predicted molar refractivity (Wildman–Crippen MR) is 112 cm³/mol. The molecule has 0 aliphatic carbocycles. The van der Waals surface area contributed by atoms with E-state index in [1.165, 1.54) is 42.3 Å². The Balaban J connectivity index is 1.68. The van der Waals surface area contributed by atoms with E-state index >= 15 is 0 Å².